The molecule has 1 amide bonds. The number of aromatic amines is 1. The van der Waals surface area contributed by atoms with Gasteiger partial charge in [-0.25, -0.2) is 4.98 Å². The van der Waals surface area contributed by atoms with Crippen LogP contribution in [0.4, 0.5) is 19.0 Å². The van der Waals surface area contributed by atoms with Crippen LogP contribution in [0.1, 0.15) is 16.7 Å². The molecule has 5 nitrogen and oxygen atoms in total. The van der Waals surface area contributed by atoms with E-state index in [1.54, 1.807) is 4.90 Å². The SMILES string of the molecule is Cc1cccc(OCC(=O)N2CCN(c3ccc(C(F)(F)F)c[nH+]3)CC2)c1C. The van der Waals surface area contributed by atoms with Gasteiger partial charge in [0, 0.05) is 6.07 Å². The number of nitrogens with one attached hydrogen (secondary N) is 1. The molecule has 1 aromatic carbocycles. The van der Waals surface area contributed by atoms with E-state index in [9.17, 15) is 18.0 Å². The maximum Gasteiger partial charge on any atom is 0.419 e. The summed E-state index contributed by atoms with van der Waals surface area (Å²) in [5.74, 6) is 1.20. The van der Waals surface area contributed by atoms with E-state index in [-0.39, 0.29) is 12.5 Å². The number of H-pyrrole nitrogens is 1. The lowest BCUT2D eigenvalue weighted by atomic mass is 10.1. The summed E-state index contributed by atoms with van der Waals surface area (Å²) in [4.78, 5) is 18.7. The minimum atomic E-state index is -4.37. The molecule has 8 heteroatoms. The molecule has 150 valence electrons. The number of amides is 1. The van der Waals surface area contributed by atoms with Gasteiger partial charge < -0.3 is 9.64 Å². The molecule has 3 rings (SSSR count). The molecule has 1 fully saturated rings. The normalized spacial score (nSPS) is 14.9. The van der Waals surface area contributed by atoms with Crippen molar-refractivity contribution in [2.75, 3.05) is 37.7 Å². The Kier molecular flexibility index (Phi) is 5.76. The Hall–Kier alpha value is -2.77. The number of carbonyl (C=O) groups excluding carboxylic acids is 1. The molecule has 28 heavy (non-hydrogen) atoms. The van der Waals surface area contributed by atoms with Gasteiger partial charge in [-0.2, -0.15) is 13.2 Å². The topological polar surface area (TPSA) is 46.9 Å². The van der Waals surface area contributed by atoms with Crippen molar-refractivity contribution in [1.29, 1.82) is 0 Å². The summed E-state index contributed by atoms with van der Waals surface area (Å²) in [5, 5.41) is 0. The number of nitrogens with zero attached hydrogens (tertiary/aromatic N) is 2. The molecule has 0 atom stereocenters. The zero-order valence-electron chi connectivity index (χ0n) is 15.8. The highest BCUT2D eigenvalue weighted by atomic mass is 19.4. The summed E-state index contributed by atoms with van der Waals surface area (Å²) in [6.45, 7) is 5.97. The van der Waals surface area contributed by atoms with Crippen LogP contribution in [-0.4, -0.2) is 43.6 Å². The van der Waals surface area contributed by atoms with Gasteiger partial charge in [-0.3, -0.25) is 9.69 Å². The Labute approximate surface area is 161 Å². The number of halogens is 3. The largest absolute Gasteiger partial charge is 0.483 e. The molecular formula is C20H23F3N3O2+. The first kappa shape index (κ1) is 20.0. The molecule has 2 aromatic rings. The maximum atomic E-state index is 12.7. The number of anilines is 1. The van der Waals surface area contributed by atoms with Crippen LogP contribution in [0, 0.1) is 13.8 Å². The van der Waals surface area contributed by atoms with Crippen LogP contribution in [-0.2, 0) is 11.0 Å². The quantitative estimate of drug-likeness (QED) is 0.801. The number of hydrogen-bond donors (Lipinski definition) is 0. The summed E-state index contributed by atoms with van der Waals surface area (Å²) < 4.78 is 43.6. The van der Waals surface area contributed by atoms with E-state index >= 15 is 0 Å². The number of hydrogen-bond acceptors (Lipinski definition) is 3. The second-order valence-electron chi connectivity index (χ2n) is 6.81. The van der Waals surface area contributed by atoms with Crippen LogP contribution in [0.5, 0.6) is 5.75 Å². The minimum absolute atomic E-state index is 0.0311. The van der Waals surface area contributed by atoms with Gasteiger partial charge in [0.25, 0.3) is 11.7 Å². The van der Waals surface area contributed by atoms with E-state index < -0.39 is 11.7 Å². The van der Waals surface area contributed by atoms with Crippen molar-refractivity contribution >= 4 is 11.7 Å². The van der Waals surface area contributed by atoms with E-state index in [0.717, 1.165) is 23.4 Å². The van der Waals surface area contributed by atoms with Crippen molar-refractivity contribution in [3.8, 4) is 5.75 Å². The number of piperazine rings is 1. The second kappa shape index (κ2) is 8.08. The molecule has 2 heterocycles. The number of carbonyl (C=O) groups is 1. The van der Waals surface area contributed by atoms with Gasteiger partial charge in [0.1, 0.15) is 25.0 Å². The molecule has 0 aliphatic carbocycles. The van der Waals surface area contributed by atoms with Gasteiger partial charge >= 0.3 is 6.18 Å². The molecule has 1 aliphatic heterocycles. The monoisotopic (exact) mass is 394 g/mol. The highest BCUT2D eigenvalue weighted by molar-refractivity contribution is 5.78. The van der Waals surface area contributed by atoms with Gasteiger partial charge in [-0.15, -0.1) is 0 Å². The summed E-state index contributed by atoms with van der Waals surface area (Å²) >= 11 is 0. The molecular weight excluding hydrogens is 371 g/mol. The number of aromatic nitrogens is 1. The molecule has 0 unspecified atom stereocenters. The summed E-state index contributed by atoms with van der Waals surface area (Å²) in [6, 6.07) is 8.20. The Morgan fingerprint density at radius 3 is 2.43 bits per heavy atom. The van der Waals surface area contributed by atoms with Crippen LogP contribution < -0.4 is 14.6 Å². The Morgan fingerprint density at radius 1 is 1.11 bits per heavy atom. The van der Waals surface area contributed by atoms with Crippen molar-refractivity contribution in [1.82, 2.24) is 4.90 Å². The number of alkyl halides is 3. The van der Waals surface area contributed by atoms with Crippen LogP contribution in [0.2, 0.25) is 0 Å². The van der Waals surface area contributed by atoms with Gasteiger partial charge in [0.2, 0.25) is 0 Å². The van der Waals surface area contributed by atoms with Crippen LogP contribution in [0.25, 0.3) is 0 Å². The lowest BCUT2D eigenvalue weighted by Crippen LogP contribution is -2.51. The fourth-order valence-electron chi connectivity index (χ4n) is 3.10. The van der Waals surface area contributed by atoms with Gasteiger partial charge in [-0.1, -0.05) is 12.1 Å². The molecule has 0 bridgehead atoms. The number of pyridine rings is 1. The third-order valence-electron chi connectivity index (χ3n) is 5.00. The van der Waals surface area contributed by atoms with Crippen molar-refractivity contribution in [2.24, 2.45) is 0 Å². The van der Waals surface area contributed by atoms with Crippen LogP contribution >= 0.6 is 0 Å². The highest BCUT2D eigenvalue weighted by Gasteiger charge is 2.33. The third kappa shape index (κ3) is 4.55. The van der Waals surface area contributed by atoms with Crippen molar-refractivity contribution in [3.63, 3.8) is 0 Å². The molecule has 0 radical (unpaired) electrons. The fraction of sp³-hybridized carbons (Fsp3) is 0.400. The minimum Gasteiger partial charge on any atom is -0.483 e. The predicted molar refractivity (Wildman–Crippen MR) is 98.2 cm³/mol. The van der Waals surface area contributed by atoms with Gasteiger partial charge in [-0.05, 0) is 37.1 Å². The molecule has 1 saturated heterocycles. The van der Waals surface area contributed by atoms with Crippen molar-refractivity contribution in [2.45, 2.75) is 20.0 Å². The summed E-state index contributed by atoms with van der Waals surface area (Å²) in [7, 11) is 0. The standard InChI is InChI=1S/C20H22F3N3O2/c1-14-4-3-5-17(15(14)2)28-13-19(27)26-10-8-25(9-11-26)18-7-6-16(12-24-18)20(21,22)23/h3-7,12H,8-11,13H2,1-2H3/p+1. The van der Waals surface area contributed by atoms with Crippen molar-refractivity contribution in [3.05, 3.63) is 53.2 Å². The highest BCUT2D eigenvalue weighted by Crippen LogP contribution is 2.28. The average molecular weight is 394 g/mol. The summed E-state index contributed by atoms with van der Waals surface area (Å²) in [5.41, 5.74) is 1.40. The third-order valence-corrected chi connectivity index (χ3v) is 5.00. The van der Waals surface area contributed by atoms with E-state index in [0.29, 0.717) is 37.7 Å². The smallest absolute Gasteiger partial charge is 0.419 e. The number of rotatable bonds is 4. The molecule has 0 saturated carbocycles. The van der Waals surface area contributed by atoms with Crippen molar-refractivity contribution < 1.29 is 27.7 Å². The molecule has 1 aromatic heterocycles. The van der Waals surface area contributed by atoms with Gasteiger partial charge in [0.05, 0.1) is 18.7 Å². The Bertz CT molecular complexity index is 830. The zero-order chi connectivity index (χ0) is 20.3. The lowest BCUT2D eigenvalue weighted by Gasteiger charge is -2.31. The predicted octanol–water partition coefficient (Wildman–Crippen LogP) is 2.86. The first-order valence-electron chi connectivity index (χ1n) is 9.06. The molecule has 1 N–H and O–H groups in total. The Balaban J connectivity index is 1.52. The van der Waals surface area contributed by atoms with E-state index in [1.807, 2.05) is 36.9 Å². The first-order valence-corrected chi connectivity index (χ1v) is 9.06. The van der Waals surface area contributed by atoms with E-state index in [4.69, 9.17) is 4.74 Å². The first-order chi connectivity index (χ1) is 13.3. The van der Waals surface area contributed by atoms with Crippen LogP contribution in [0.3, 0.4) is 0 Å². The fourth-order valence-corrected chi connectivity index (χ4v) is 3.10. The number of benzene rings is 1. The average Bonchev–Trinajstić information content (AvgIpc) is 2.68. The molecule has 0 spiro atoms. The van der Waals surface area contributed by atoms with E-state index in [1.165, 1.54) is 6.07 Å². The van der Waals surface area contributed by atoms with E-state index in [2.05, 4.69) is 4.98 Å². The van der Waals surface area contributed by atoms with Crippen LogP contribution in [0.15, 0.2) is 36.5 Å². The lowest BCUT2D eigenvalue weighted by molar-refractivity contribution is -0.367. The molecule has 1 aliphatic rings. The maximum absolute atomic E-state index is 12.7. The number of ether oxygens (including phenoxy) is 1. The summed E-state index contributed by atoms with van der Waals surface area (Å²) in [6.07, 6.45) is -3.40. The van der Waals surface area contributed by atoms with Gasteiger partial charge in [0.15, 0.2) is 6.61 Å². The zero-order valence-corrected chi connectivity index (χ0v) is 15.8. The Morgan fingerprint density at radius 2 is 1.82 bits per heavy atom. The second-order valence-corrected chi connectivity index (χ2v) is 6.81. The number of aryl methyl sites for hydroxylation is 1.